The van der Waals surface area contributed by atoms with Crippen molar-refractivity contribution >= 4 is 28.7 Å². The Morgan fingerprint density at radius 3 is 2.80 bits per heavy atom. The van der Waals surface area contributed by atoms with Crippen LogP contribution in [0.5, 0.6) is 0 Å². The van der Waals surface area contributed by atoms with Crippen molar-refractivity contribution in [2.45, 2.75) is 25.9 Å². The second-order valence-corrected chi connectivity index (χ2v) is 8.57. The van der Waals surface area contributed by atoms with E-state index in [4.69, 9.17) is 9.26 Å². The zero-order valence-electron chi connectivity index (χ0n) is 17.2. The van der Waals surface area contributed by atoms with Crippen LogP contribution in [0.1, 0.15) is 18.9 Å². The minimum Gasteiger partial charge on any atom is -0.381 e. The largest absolute Gasteiger partial charge is 0.381 e. The maximum absolute atomic E-state index is 12.2. The van der Waals surface area contributed by atoms with Gasteiger partial charge >= 0.3 is 6.03 Å². The number of piperazine rings is 1. The highest BCUT2D eigenvalue weighted by Gasteiger charge is 2.30. The Morgan fingerprint density at radius 2 is 2.07 bits per heavy atom. The first-order chi connectivity index (χ1) is 14.6. The Bertz CT molecular complexity index is 956. The van der Waals surface area contributed by atoms with Gasteiger partial charge in [0.15, 0.2) is 11.4 Å². The van der Waals surface area contributed by atoms with Gasteiger partial charge in [0.25, 0.3) is 0 Å². The first-order valence-electron chi connectivity index (χ1n) is 10.6. The molecule has 5 rings (SSSR count). The van der Waals surface area contributed by atoms with Crippen LogP contribution in [0.25, 0.3) is 11.0 Å². The molecule has 0 aliphatic carbocycles. The normalized spacial score (nSPS) is 24.3. The number of urea groups is 1. The predicted octanol–water partition coefficient (Wildman–Crippen LogP) is 1.43. The molecule has 3 aliphatic rings. The lowest BCUT2D eigenvalue weighted by atomic mass is 10.1. The van der Waals surface area contributed by atoms with Crippen LogP contribution in [0.4, 0.5) is 10.6 Å². The smallest absolute Gasteiger partial charge is 0.329 e. The Kier molecular flexibility index (Phi) is 5.18. The van der Waals surface area contributed by atoms with Gasteiger partial charge in [-0.3, -0.25) is 19.9 Å². The number of aromatic nitrogens is 1. The number of fused-ring (bicyclic) bond motifs is 1. The number of anilines is 1. The third kappa shape index (κ3) is 3.80. The molecule has 0 unspecified atom stereocenters. The zero-order chi connectivity index (χ0) is 20.7. The van der Waals surface area contributed by atoms with E-state index in [1.165, 1.54) is 4.90 Å². The fraction of sp³-hybridized carbons (Fsp3) is 0.571. The summed E-state index contributed by atoms with van der Waals surface area (Å²) in [5.41, 5.74) is 1.80. The van der Waals surface area contributed by atoms with Crippen LogP contribution >= 0.6 is 0 Å². The van der Waals surface area contributed by atoms with E-state index >= 15 is 0 Å². The van der Waals surface area contributed by atoms with E-state index in [0.29, 0.717) is 29.9 Å². The van der Waals surface area contributed by atoms with Gasteiger partial charge in [0.1, 0.15) is 0 Å². The third-order valence-electron chi connectivity index (χ3n) is 6.28. The molecule has 2 aromatic rings. The third-order valence-corrected chi connectivity index (χ3v) is 6.28. The molecule has 0 bridgehead atoms. The fourth-order valence-corrected chi connectivity index (χ4v) is 4.49. The molecule has 160 valence electrons. The molecule has 1 N–H and O–H groups in total. The van der Waals surface area contributed by atoms with E-state index in [9.17, 15) is 9.59 Å². The van der Waals surface area contributed by atoms with Crippen molar-refractivity contribution in [3.8, 4) is 0 Å². The van der Waals surface area contributed by atoms with Gasteiger partial charge in [-0.15, -0.1) is 0 Å². The lowest BCUT2D eigenvalue weighted by Gasteiger charge is -2.42. The topological polar surface area (TPSA) is 91.2 Å². The summed E-state index contributed by atoms with van der Waals surface area (Å²) in [6, 6.07) is 6.04. The Labute approximate surface area is 174 Å². The molecule has 3 amide bonds. The van der Waals surface area contributed by atoms with Gasteiger partial charge < -0.3 is 14.2 Å². The van der Waals surface area contributed by atoms with Gasteiger partial charge in [-0.2, -0.15) is 0 Å². The van der Waals surface area contributed by atoms with Crippen LogP contribution in [0.15, 0.2) is 22.7 Å². The van der Waals surface area contributed by atoms with Crippen molar-refractivity contribution in [2.24, 2.45) is 5.92 Å². The fourth-order valence-electron chi connectivity index (χ4n) is 4.49. The minimum atomic E-state index is -0.451. The van der Waals surface area contributed by atoms with Crippen LogP contribution in [-0.4, -0.2) is 78.9 Å². The van der Waals surface area contributed by atoms with Gasteiger partial charge in [0.05, 0.1) is 18.6 Å². The van der Waals surface area contributed by atoms with Crippen molar-refractivity contribution in [1.82, 2.24) is 20.3 Å². The minimum absolute atomic E-state index is 0.258. The number of nitrogens with one attached hydrogen (secondary N) is 1. The average Bonchev–Trinajstić information content (AvgIpc) is 3.10. The van der Waals surface area contributed by atoms with Crippen LogP contribution in [0.3, 0.4) is 0 Å². The van der Waals surface area contributed by atoms with E-state index in [-0.39, 0.29) is 12.3 Å². The number of ether oxygens (including phenoxy) is 1. The SMILES string of the molecule is C[C@@H]1CN(CC2COC2)CCN1Cc1ccc2onc(N3CCC(=O)NC3=O)c2c1. The van der Waals surface area contributed by atoms with Crippen LogP contribution in [0.2, 0.25) is 0 Å². The Hall–Kier alpha value is -2.49. The Balaban J connectivity index is 1.28. The quantitative estimate of drug-likeness (QED) is 0.793. The molecule has 0 saturated carbocycles. The molecule has 1 atom stereocenters. The number of hydrogen-bond donors (Lipinski definition) is 1. The molecular formula is C21H27N5O4. The van der Waals surface area contributed by atoms with Gasteiger partial charge in [0, 0.05) is 57.6 Å². The van der Waals surface area contributed by atoms with E-state index in [1.54, 1.807) is 0 Å². The lowest BCUT2D eigenvalue weighted by molar-refractivity contribution is -0.120. The standard InChI is InChI=1S/C21H27N5O4/c1-14-9-24(10-16-12-29-13-16)6-7-25(14)11-15-2-3-18-17(8-15)20(23-30-18)26-5-4-19(27)22-21(26)28/h2-3,8,14,16H,4-7,9-13H2,1H3,(H,22,27,28)/t14-/m1/s1. The van der Waals surface area contributed by atoms with Gasteiger partial charge in [-0.05, 0) is 24.6 Å². The summed E-state index contributed by atoms with van der Waals surface area (Å²) in [5, 5.41) is 7.24. The summed E-state index contributed by atoms with van der Waals surface area (Å²) in [7, 11) is 0. The summed E-state index contributed by atoms with van der Waals surface area (Å²) < 4.78 is 10.7. The molecule has 4 heterocycles. The van der Waals surface area contributed by atoms with E-state index < -0.39 is 6.03 Å². The van der Waals surface area contributed by atoms with Gasteiger partial charge in [-0.1, -0.05) is 11.2 Å². The highest BCUT2D eigenvalue weighted by Crippen LogP contribution is 2.29. The predicted molar refractivity (Wildman–Crippen MR) is 110 cm³/mol. The van der Waals surface area contributed by atoms with E-state index in [0.717, 1.165) is 56.9 Å². The number of benzene rings is 1. The summed E-state index contributed by atoms with van der Waals surface area (Å²) in [4.78, 5) is 30.2. The maximum Gasteiger partial charge on any atom is 0.329 e. The second kappa shape index (κ2) is 7.98. The average molecular weight is 413 g/mol. The monoisotopic (exact) mass is 413 g/mol. The summed E-state index contributed by atoms with van der Waals surface area (Å²) in [6.45, 7) is 9.53. The highest BCUT2D eigenvalue weighted by molar-refractivity contribution is 6.08. The molecule has 3 saturated heterocycles. The van der Waals surface area contributed by atoms with E-state index in [2.05, 4.69) is 39.3 Å². The van der Waals surface area contributed by atoms with Crippen molar-refractivity contribution in [2.75, 3.05) is 50.8 Å². The number of amides is 3. The molecular weight excluding hydrogens is 386 g/mol. The second-order valence-electron chi connectivity index (χ2n) is 8.57. The number of rotatable bonds is 5. The zero-order valence-corrected chi connectivity index (χ0v) is 17.2. The molecule has 0 spiro atoms. The lowest BCUT2D eigenvalue weighted by Crippen LogP contribution is -2.53. The van der Waals surface area contributed by atoms with Crippen molar-refractivity contribution in [3.63, 3.8) is 0 Å². The molecule has 1 aromatic heterocycles. The molecule has 1 aromatic carbocycles. The molecule has 3 fully saturated rings. The van der Waals surface area contributed by atoms with Crippen molar-refractivity contribution in [3.05, 3.63) is 23.8 Å². The molecule has 30 heavy (non-hydrogen) atoms. The first-order valence-corrected chi connectivity index (χ1v) is 10.6. The number of nitrogens with zero attached hydrogens (tertiary/aromatic N) is 4. The number of carbonyl (C=O) groups excluding carboxylic acids is 2. The van der Waals surface area contributed by atoms with Crippen LogP contribution < -0.4 is 10.2 Å². The molecule has 3 aliphatic heterocycles. The maximum atomic E-state index is 12.2. The van der Waals surface area contributed by atoms with E-state index in [1.807, 2.05) is 6.07 Å². The first kappa shape index (κ1) is 19.5. The van der Waals surface area contributed by atoms with Crippen molar-refractivity contribution < 1.29 is 18.8 Å². The number of imide groups is 1. The molecule has 0 radical (unpaired) electrons. The van der Waals surface area contributed by atoms with Crippen LogP contribution in [0, 0.1) is 5.92 Å². The van der Waals surface area contributed by atoms with Gasteiger partial charge in [0.2, 0.25) is 5.91 Å². The Morgan fingerprint density at radius 1 is 1.20 bits per heavy atom. The summed E-state index contributed by atoms with van der Waals surface area (Å²) in [5.74, 6) is 0.903. The highest BCUT2D eigenvalue weighted by atomic mass is 16.5. The molecule has 9 nitrogen and oxygen atoms in total. The van der Waals surface area contributed by atoms with Gasteiger partial charge in [-0.25, -0.2) is 4.79 Å². The molecule has 9 heteroatoms. The summed E-state index contributed by atoms with van der Waals surface area (Å²) in [6.07, 6.45) is 0.258. The summed E-state index contributed by atoms with van der Waals surface area (Å²) >= 11 is 0. The van der Waals surface area contributed by atoms with Crippen molar-refractivity contribution in [1.29, 1.82) is 0 Å². The van der Waals surface area contributed by atoms with Crippen LogP contribution in [-0.2, 0) is 16.1 Å². The number of carbonyl (C=O) groups is 2. The number of hydrogen-bond acceptors (Lipinski definition) is 7.